The summed E-state index contributed by atoms with van der Waals surface area (Å²) >= 11 is 0. The number of pyridine rings is 1. The Morgan fingerprint density at radius 1 is 1.21 bits per heavy atom. The summed E-state index contributed by atoms with van der Waals surface area (Å²) in [5.41, 5.74) is 4.06. The maximum atomic E-state index is 11.2. The van der Waals surface area contributed by atoms with Crippen molar-refractivity contribution in [1.29, 1.82) is 0 Å². The van der Waals surface area contributed by atoms with Gasteiger partial charge in [0.2, 0.25) is 0 Å². The van der Waals surface area contributed by atoms with E-state index in [1.165, 1.54) is 12.3 Å². The smallest absolute Gasteiger partial charge is 0.337 e. The topological polar surface area (TPSA) is 53.4 Å². The minimum Gasteiger partial charge on any atom is -0.478 e. The van der Waals surface area contributed by atoms with Gasteiger partial charge in [-0.1, -0.05) is 6.07 Å². The van der Waals surface area contributed by atoms with Crippen molar-refractivity contribution in [2.45, 2.75) is 13.8 Å². The van der Waals surface area contributed by atoms with Gasteiger partial charge in [0, 0.05) is 18.9 Å². The lowest BCUT2D eigenvalue weighted by molar-refractivity contribution is 0.0697. The number of hydrogen-bond acceptors (Lipinski definition) is 3. The van der Waals surface area contributed by atoms with E-state index in [0.29, 0.717) is 5.69 Å². The molecule has 0 saturated heterocycles. The molecule has 0 spiro atoms. The minimum atomic E-state index is -0.950. The van der Waals surface area contributed by atoms with Crippen LogP contribution in [0.15, 0.2) is 36.7 Å². The number of benzene rings is 1. The standard InChI is InChI=1S/C15H16N2O2/c1-10-6-11(2)8-12(7-10)17(3)14-9-16-5-4-13(14)15(18)19/h4-9H,1-3H3,(H,18,19). The first-order valence-corrected chi connectivity index (χ1v) is 5.98. The number of aromatic carboxylic acids is 1. The lowest BCUT2D eigenvalue weighted by atomic mass is 10.1. The van der Waals surface area contributed by atoms with Gasteiger partial charge in [0.15, 0.2) is 0 Å². The zero-order valence-electron chi connectivity index (χ0n) is 11.2. The first-order valence-electron chi connectivity index (χ1n) is 5.98. The second-order valence-corrected chi connectivity index (χ2v) is 4.60. The van der Waals surface area contributed by atoms with Crippen LogP contribution in [0.3, 0.4) is 0 Å². The van der Waals surface area contributed by atoms with Crippen LogP contribution in [0.1, 0.15) is 21.5 Å². The highest BCUT2D eigenvalue weighted by atomic mass is 16.4. The van der Waals surface area contributed by atoms with Crippen molar-refractivity contribution < 1.29 is 9.90 Å². The van der Waals surface area contributed by atoms with E-state index in [4.69, 9.17) is 0 Å². The second kappa shape index (κ2) is 5.10. The van der Waals surface area contributed by atoms with Crippen LogP contribution in [0.5, 0.6) is 0 Å². The molecule has 0 aliphatic carbocycles. The van der Waals surface area contributed by atoms with Crippen molar-refractivity contribution in [3.63, 3.8) is 0 Å². The SMILES string of the molecule is Cc1cc(C)cc(N(C)c2cnccc2C(=O)O)c1. The maximum Gasteiger partial charge on any atom is 0.337 e. The van der Waals surface area contributed by atoms with Crippen molar-refractivity contribution in [1.82, 2.24) is 4.98 Å². The minimum absolute atomic E-state index is 0.247. The van der Waals surface area contributed by atoms with Gasteiger partial charge in [0.25, 0.3) is 0 Å². The quantitative estimate of drug-likeness (QED) is 0.916. The zero-order valence-corrected chi connectivity index (χ0v) is 11.2. The van der Waals surface area contributed by atoms with Crippen LogP contribution in [0.2, 0.25) is 0 Å². The van der Waals surface area contributed by atoms with Crippen LogP contribution in [-0.2, 0) is 0 Å². The van der Waals surface area contributed by atoms with E-state index in [9.17, 15) is 9.90 Å². The van der Waals surface area contributed by atoms with Gasteiger partial charge >= 0.3 is 5.97 Å². The molecule has 98 valence electrons. The molecule has 0 radical (unpaired) electrons. The van der Waals surface area contributed by atoms with E-state index >= 15 is 0 Å². The van der Waals surface area contributed by atoms with Crippen LogP contribution in [0.25, 0.3) is 0 Å². The second-order valence-electron chi connectivity index (χ2n) is 4.60. The van der Waals surface area contributed by atoms with E-state index in [1.54, 1.807) is 6.20 Å². The molecule has 4 heteroatoms. The summed E-state index contributed by atoms with van der Waals surface area (Å²) in [5, 5.41) is 9.22. The predicted octanol–water partition coefficient (Wildman–Crippen LogP) is 3.16. The largest absolute Gasteiger partial charge is 0.478 e. The van der Waals surface area contributed by atoms with Gasteiger partial charge in [-0.05, 0) is 43.2 Å². The number of anilines is 2. The molecule has 0 fully saturated rings. The average molecular weight is 256 g/mol. The van der Waals surface area contributed by atoms with Crippen LogP contribution >= 0.6 is 0 Å². The molecule has 0 unspecified atom stereocenters. The molecule has 1 aromatic heterocycles. The van der Waals surface area contributed by atoms with E-state index in [2.05, 4.69) is 11.1 Å². The lowest BCUT2D eigenvalue weighted by Gasteiger charge is -2.21. The van der Waals surface area contributed by atoms with E-state index in [-0.39, 0.29) is 5.56 Å². The maximum absolute atomic E-state index is 11.2. The third-order valence-corrected chi connectivity index (χ3v) is 2.99. The number of aromatic nitrogens is 1. The summed E-state index contributed by atoms with van der Waals surface area (Å²) in [6, 6.07) is 7.63. The zero-order chi connectivity index (χ0) is 14.0. The Morgan fingerprint density at radius 2 is 1.84 bits per heavy atom. The van der Waals surface area contributed by atoms with Gasteiger partial charge in [0.05, 0.1) is 17.4 Å². The van der Waals surface area contributed by atoms with Crippen molar-refractivity contribution in [3.8, 4) is 0 Å². The number of nitrogens with zero attached hydrogens (tertiary/aromatic N) is 2. The molecule has 19 heavy (non-hydrogen) atoms. The molecule has 4 nitrogen and oxygen atoms in total. The van der Waals surface area contributed by atoms with E-state index < -0.39 is 5.97 Å². The van der Waals surface area contributed by atoms with Crippen LogP contribution in [0, 0.1) is 13.8 Å². The molecule has 0 amide bonds. The summed E-state index contributed by atoms with van der Waals surface area (Å²) in [5.74, 6) is -0.950. The normalized spacial score (nSPS) is 10.3. The third-order valence-electron chi connectivity index (χ3n) is 2.99. The van der Waals surface area contributed by atoms with E-state index in [1.807, 2.05) is 37.9 Å². The lowest BCUT2D eigenvalue weighted by Crippen LogP contribution is -2.14. The fourth-order valence-electron chi connectivity index (χ4n) is 2.12. The average Bonchev–Trinajstić information content (AvgIpc) is 2.36. The summed E-state index contributed by atoms with van der Waals surface area (Å²) < 4.78 is 0. The summed E-state index contributed by atoms with van der Waals surface area (Å²) in [6.45, 7) is 4.04. The number of rotatable bonds is 3. The number of carboxylic acid groups (broad SMARTS) is 1. The van der Waals surface area contributed by atoms with Gasteiger partial charge in [-0.15, -0.1) is 0 Å². The van der Waals surface area contributed by atoms with Crippen LogP contribution in [-0.4, -0.2) is 23.1 Å². The Bertz CT molecular complexity index is 603. The molecule has 0 saturated carbocycles. The number of aryl methyl sites for hydroxylation is 2. The first kappa shape index (κ1) is 13.1. The van der Waals surface area contributed by atoms with Crippen LogP contribution in [0.4, 0.5) is 11.4 Å². The van der Waals surface area contributed by atoms with Gasteiger partial charge < -0.3 is 10.0 Å². The Morgan fingerprint density at radius 3 is 2.42 bits per heavy atom. The fraction of sp³-hybridized carbons (Fsp3) is 0.200. The van der Waals surface area contributed by atoms with Crippen molar-refractivity contribution in [2.24, 2.45) is 0 Å². The molecule has 0 bridgehead atoms. The number of carboxylic acids is 1. The molecular weight excluding hydrogens is 240 g/mol. The summed E-state index contributed by atoms with van der Waals surface area (Å²) in [6.07, 6.45) is 3.06. The Balaban J connectivity index is 2.49. The number of carbonyl (C=O) groups is 1. The molecule has 0 aliphatic heterocycles. The molecule has 2 rings (SSSR count). The molecule has 1 aromatic carbocycles. The molecule has 0 atom stereocenters. The Kier molecular flexibility index (Phi) is 3.51. The number of hydrogen-bond donors (Lipinski definition) is 1. The van der Waals surface area contributed by atoms with E-state index in [0.717, 1.165) is 16.8 Å². The fourth-order valence-corrected chi connectivity index (χ4v) is 2.12. The molecule has 1 N–H and O–H groups in total. The third kappa shape index (κ3) is 2.73. The highest BCUT2D eigenvalue weighted by molar-refractivity contribution is 5.95. The molecular formula is C15H16N2O2. The van der Waals surface area contributed by atoms with Gasteiger partial charge in [-0.3, -0.25) is 4.98 Å². The van der Waals surface area contributed by atoms with Gasteiger partial charge in [0.1, 0.15) is 0 Å². The van der Waals surface area contributed by atoms with Crippen molar-refractivity contribution >= 4 is 17.3 Å². The van der Waals surface area contributed by atoms with Crippen molar-refractivity contribution in [2.75, 3.05) is 11.9 Å². The molecule has 0 aliphatic rings. The van der Waals surface area contributed by atoms with Crippen molar-refractivity contribution in [3.05, 3.63) is 53.3 Å². The van der Waals surface area contributed by atoms with Gasteiger partial charge in [-0.2, -0.15) is 0 Å². The highest BCUT2D eigenvalue weighted by Gasteiger charge is 2.14. The molecule has 2 aromatic rings. The Hall–Kier alpha value is -2.36. The van der Waals surface area contributed by atoms with Crippen LogP contribution < -0.4 is 4.90 Å². The summed E-state index contributed by atoms with van der Waals surface area (Å²) in [7, 11) is 1.84. The highest BCUT2D eigenvalue weighted by Crippen LogP contribution is 2.27. The summed E-state index contributed by atoms with van der Waals surface area (Å²) in [4.78, 5) is 17.1. The Labute approximate surface area is 112 Å². The monoisotopic (exact) mass is 256 g/mol. The first-order chi connectivity index (χ1) is 8.99. The molecule has 1 heterocycles. The van der Waals surface area contributed by atoms with Gasteiger partial charge in [-0.25, -0.2) is 4.79 Å². The predicted molar refractivity (Wildman–Crippen MR) is 75.2 cm³/mol.